The molecule has 1 unspecified atom stereocenters. The SMILES string of the molecule is NC(Cc1cccc(F)c1Br)c1cc(F)ccc1F. The highest BCUT2D eigenvalue weighted by Crippen LogP contribution is 2.26. The highest BCUT2D eigenvalue weighted by molar-refractivity contribution is 9.10. The third-order valence-corrected chi connectivity index (χ3v) is 3.72. The summed E-state index contributed by atoms with van der Waals surface area (Å²) in [6.45, 7) is 0. The van der Waals surface area contributed by atoms with Gasteiger partial charge in [-0.3, -0.25) is 0 Å². The molecule has 1 atom stereocenters. The van der Waals surface area contributed by atoms with E-state index in [0.717, 1.165) is 18.2 Å². The van der Waals surface area contributed by atoms with Crippen LogP contribution in [-0.4, -0.2) is 0 Å². The van der Waals surface area contributed by atoms with Crippen LogP contribution in [0.5, 0.6) is 0 Å². The van der Waals surface area contributed by atoms with Gasteiger partial charge in [0.25, 0.3) is 0 Å². The molecule has 0 amide bonds. The molecule has 0 aliphatic carbocycles. The highest BCUT2D eigenvalue weighted by atomic mass is 79.9. The average Bonchev–Trinajstić information content (AvgIpc) is 2.38. The van der Waals surface area contributed by atoms with Crippen molar-refractivity contribution < 1.29 is 13.2 Å². The minimum atomic E-state index is -0.742. The van der Waals surface area contributed by atoms with E-state index in [1.54, 1.807) is 12.1 Å². The largest absolute Gasteiger partial charge is 0.324 e. The Morgan fingerprint density at radius 2 is 1.79 bits per heavy atom. The van der Waals surface area contributed by atoms with Gasteiger partial charge in [0.2, 0.25) is 0 Å². The fourth-order valence-electron chi connectivity index (χ4n) is 1.85. The van der Waals surface area contributed by atoms with Gasteiger partial charge in [0.15, 0.2) is 0 Å². The number of nitrogens with two attached hydrogens (primary N) is 1. The summed E-state index contributed by atoms with van der Waals surface area (Å²) < 4.78 is 40.3. The van der Waals surface area contributed by atoms with Gasteiger partial charge in [-0.25, -0.2) is 13.2 Å². The summed E-state index contributed by atoms with van der Waals surface area (Å²) in [6, 6.07) is 6.92. The van der Waals surface area contributed by atoms with E-state index in [4.69, 9.17) is 5.73 Å². The maximum Gasteiger partial charge on any atom is 0.137 e. The third kappa shape index (κ3) is 3.16. The first kappa shape index (κ1) is 14.1. The maximum absolute atomic E-state index is 13.6. The molecule has 0 aliphatic rings. The lowest BCUT2D eigenvalue weighted by atomic mass is 9.99. The lowest BCUT2D eigenvalue weighted by Crippen LogP contribution is -2.15. The molecule has 0 bridgehead atoms. The monoisotopic (exact) mass is 329 g/mol. The molecule has 2 rings (SSSR count). The van der Waals surface area contributed by atoms with E-state index in [-0.39, 0.29) is 12.0 Å². The number of rotatable bonds is 3. The first-order valence-electron chi connectivity index (χ1n) is 5.62. The smallest absolute Gasteiger partial charge is 0.137 e. The molecule has 0 saturated heterocycles. The molecule has 5 heteroatoms. The molecule has 0 heterocycles. The van der Waals surface area contributed by atoms with Gasteiger partial charge in [-0.2, -0.15) is 0 Å². The molecular weight excluding hydrogens is 319 g/mol. The Hall–Kier alpha value is -1.33. The molecule has 0 aromatic heterocycles. The van der Waals surface area contributed by atoms with Crippen LogP contribution in [0.15, 0.2) is 40.9 Å². The summed E-state index contributed by atoms with van der Waals surface area (Å²) in [4.78, 5) is 0. The van der Waals surface area contributed by atoms with Gasteiger partial charge in [0.05, 0.1) is 4.47 Å². The second-order valence-corrected chi connectivity index (χ2v) is 4.98. The second kappa shape index (κ2) is 5.75. The van der Waals surface area contributed by atoms with E-state index in [9.17, 15) is 13.2 Å². The molecule has 2 N–H and O–H groups in total. The van der Waals surface area contributed by atoms with Crippen molar-refractivity contribution in [1.29, 1.82) is 0 Å². The van der Waals surface area contributed by atoms with Crippen molar-refractivity contribution in [3.8, 4) is 0 Å². The van der Waals surface area contributed by atoms with E-state index in [2.05, 4.69) is 15.9 Å². The van der Waals surface area contributed by atoms with Crippen LogP contribution in [-0.2, 0) is 6.42 Å². The Morgan fingerprint density at radius 3 is 2.53 bits per heavy atom. The van der Waals surface area contributed by atoms with E-state index >= 15 is 0 Å². The zero-order chi connectivity index (χ0) is 14.0. The molecule has 100 valence electrons. The predicted molar refractivity (Wildman–Crippen MR) is 71.1 cm³/mol. The van der Waals surface area contributed by atoms with Crippen LogP contribution in [0.4, 0.5) is 13.2 Å². The molecule has 0 fully saturated rings. The second-order valence-electron chi connectivity index (χ2n) is 4.19. The number of hydrogen-bond acceptors (Lipinski definition) is 1. The summed E-state index contributed by atoms with van der Waals surface area (Å²) in [5.41, 5.74) is 6.55. The summed E-state index contributed by atoms with van der Waals surface area (Å²) in [6.07, 6.45) is 0.207. The molecule has 2 aromatic carbocycles. The fourth-order valence-corrected chi connectivity index (χ4v) is 2.28. The van der Waals surface area contributed by atoms with E-state index in [0.29, 0.717) is 10.0 Å². The number of benzene rings is 2. The van der Waals surface area contributed by atoms with Crippen molar-refractivity contribution in [2.45, 2.75) is 12.5 Å². The summed E-state index contributed by atoms with van der Waals surface area (Å²) >= 11 is 3.12. The van der Waals surface area contributed by atoms with Crippen molar-refractivity contribution in [3.05, 3.63) is 69.4 Å². The van der Waals surface area contributed by atoms with Crippen LogP contribution in [0.3, 0.4) is 0 Å². The van der Waals surface area contributed by atoms with Gasteiger partial charge in [-0.1, -0.05) is 12.1 Å². The average molecular weight is 330 g/mol. The third-order valence-electron chi connectivity index (χ3n) is 2.83. The topological polar surface area (TPSA) is 26.0 Å². The molecule has 0 saturated carbocycles. The van der Waals surface area contributed by atoms with Gasteiger partial charge in [-0.15, -0.1) is 0 Å². The van der Waals surface area contributed by atoms with Crippen molar-refractivity contribution in [2.24, 2.45) is 5.73 Å². The van der Waals surface area contributed by atoms with E-state index in [1.807, 2.05) is 0 Å². The molecule has 0 aliphatic heterocycles. The van der Waals surface area contributed by atoms with E-state index in [1.165, 1.54) is 6.07 Å². The van der Waals surface area contributed by atoms with Crippen LogP contribution >= 0.6 is 15.9 Å². The molecule has 0 radical (unpaired) electrons. The molecule has 2 aromatic rings. The Balaban J connectivity index is 2.28. The van der Waals surface area contributed by atoms with Gasteiger partial charge in [0.1, 0.15) is 17.5 Å². The molecule has 19 heavy (non-hydrogen) atoms. The Labute approximate surface area is 117 Å². The minimum absolute atomic E-state index is 0.0798. The van der Waals surface area contributed by atoms with Gasteiger partial charge >= 0.3 is 0 Å². The van der Waals surface area contributed by atoms with Crippen LogP contribution in [0.1, 0.15) is 17.2 Å². The van der Waals surface area contributed by atoms with E-state index < -0.39 is 23.5 Å². The van der Waals surface area contributed by atoms with Crippen LogP contribution in [0.2, 0.25) is 0 Å². The van der Waals surface area contributed by atoms with Gasteiger partial charge in [0, 0.05) is 11.6 Å². The first-order chi connectivity index (χ1) is 8.99. The van der Waals surface area contributed by atoms with Crippen molar-refractivity contribution in [2.75, 3.05) is 0 Å². The lowest BCUT2D eigenvalue weighted by molar-refractivity contribution is 0.559. The predicted octanol–water partition coefficient (Wildman–Crippen LogP) is 4.11. The fraction of sp³-hybridized carbons (Fsp3) is 0.143. The Bertz CT molecular complexity index is 601. The van der Waals surface area contributed by atoms with Crippen molar-refractivity contribution in [1.82, 2.24) is 0 Å². The lowest BCUT2D eigenvalue weighted by Gasteiger charge is -2.14. The molecule has 0 spiro atoms. The normalized spacial score (nSPS) is 12.5. The van der Waals surface area contributed by atoms with Crippen LogP contribution < -0.4 is 5.73 Å². The molecular formula is C14H11BrF3N. The zero-order valence-corrected chi connectivity index (χ0v) is 11.4. The zero-order valence-electron chi connectivity index (χ0n) is 9.84. The van der Waals surface area contributed by atoms with Crippen molar-refractivity contribution in [3.63, 3.8) is 0 Å². The number of hydrogen-bond donors (Lipinski definition) is 1. The Kier molecular flexibility index (Phi) is 4.27. The van der Waals surface area contributed by atoms with Crippen LogP contribution in [0, 0.1) is 17.5 Å². The van der Waals surface area contributed by atoms with Gasteiger partial charge < -0.3 is 5.73 Å². The van der Waals surface area contributed by atoms with Gasteiger partial charge in [-0.05, 0) is 52.2 Å². The summed E-state index contributed by atoms with van der Waals surface area (Å²) in [7, 11) is 0. The summed E-state index contributed by atoms with van der Waals surface area (Å²) in [5, 5.41) is 0. The van der Waals surface area contributed by atoms with Crippen molar-refractivity contribution >= 4 is 15.9 Å². The summed E-state index contributed by atoms with van der Waals surface area (Å²) in [5.74, 6) is -1.53. The minimum Gasteiger partial charge on any atom is -0.324 e. The quantitative estimate of drug-likeness (QED) is 0.901. The molecule has 1 nitrogen and oxygen atoms in total. The Morgan fingerprint density at radius 1 is 1.05 bits per heavy atom. The maximum atomic E-state index is 13.6. The number of halogens is 4. The highest BCUT2D eigenvalue weighted by Gasteiger charge is 2.15. The van der Waals surface area contributed by atoms with Crippen LogP contribution in [0.25, 0.3) is 0 Å². The first-order valence-corrected chi connectivity index (χ1v) is 6.41. The standard InChI is InChI=1S/C14H11BrF3N/c15-14-8(2-1-3-12(14)18)6-13(19)10-7-9(16)4-5-11(10)17/h1-5,7,13H,6,19H2.